The van der Waals surface area contributed by atoms with Gasteiger partial charge in [-0.3, -0.25) is 9.78 Å². The zero-order valence-electron chi connectivity index (χ0n) is 14.9. The van der Waals surface area contributed by atoms with Gasteiger partial charge in [-0.15, -0.1) is 0 Å². The molecule has 3 aromatic rings. The van der Waals surface area contributed by atoms with Crippen LogP contribution in [-0.4, -0.2) is 22.1 Å². The van der Waals surface area contributed by atoms with Gasteiger partial charge >= 0.3 is 0 Å². The van der Waals surface area contributed by atoms with Crippen molar-refractivity contribution in [1.82, 2.24) is 15.4 Å². The molecule has 5 heteroatoms. The zero-order valence-corrected chi connectivity index (χ0v) is 14.9. The van der Waals surface area contributed by atoms with E-state index in [-0.39, 0.29) is 5.91 Å². The number of nitrogens with one attached hydrogen (secondary N) is 1. The summed E-state index contributed by atoms with van der Waals surface area (Å²) in [5.41, 5.74) is 5.68. The van der Waals surface area contributed by atoms with Crippen LogP contribution >= 0.6 is 0 Å². The number of allylic oxidation sites excluding steroid dienone is 2. The fourth-order valence-electron chi connectivity index (χ4n) is 3.25. The Morgan fingerprint density at radius 2 is 2.00 bits per heavy atom. The molecule has 0 bridgehead atoms. The van der Waals surface area contributed by atoms with Gasteiger partial charge in [0.2, 0.25) is 0 Å². The zero-order chi connectivity index (χ0) is 18.5. The Labute approximate surface area is 157 Å². The highest BCUT2D eigenvalue weighted by Crippen LogP contribution is 2.24. The molecular formula is C22H20N4O. The number of aromatic nitrogens is 2. The van der Waals surface area contributed by atoms with E-state index in [0.717, 1.165) is 41.4 Å². The van der Waals surface area contributed by atoms with Gasteiger partial charge in [-0.2, -0.15) is 5.10 Å². The number of fused-ring (bicyclic) bond motifs is 1. The van der Waals surface area contributed by atoms with Crippen LogP contribution in [0.15, 0.2) is 72.1 Å². The summed E-state index contributed by atoms with van der Waals surface area (Å²) in [5, 5.41) is 5.00. The highest BCUT2D eigenvalue weighted by molar-refractivity contribution is 6.07. The minimum atomic E-state index is -0.230. The fraction of sp³-hybridized carbons (Fsp3) is 0.182. The molecule has 1 amide bonds. The van der Waals surface area contributed by atoms with Crippen LogP contribution < -0.4 is 5.43 Å². The van der Waals surface area contributed by atoms with Gasteiger partial charge in [0.15, 0.2) is 0 Å². The van der Waals surface area contributed by atoms with Crippen molar-refractivity contribution in [2.24, 2.45) is 11.0 Å². The van der Waals surface area contributed by atoms with Gasteiger partial charge in [0.25, 0.3) is 5.91 Å². The standard InChI is InChI=1S/C22H20N4O/c27-22(26-24-15-16-6-2-1-3-7-16)19-14-21(17-10-12-23-13-11-17)25-20-9-5-4-8-18(19)20/h1-2,4-5,8-16H,3,6-7H2,(H,26,27)/b24-15-/t16-/m1/s1. The molecule has 2 heterocycles. The molecule has 1 atom stereocenters. The molecule has 0 radical (unpaired) electrons. The number of hydrogen-bond donors (Lipinski definition) is 1. The van der Waals surface area contributed by atoms with Gasteiger partial charge in [0.1, 0.15) is 0 Å². The lowest BCUT2D eigenvalue weighted by Gasteiger charge is -2.12. The summed E-state index contributed by atoms with van der Waals surface area (Å²) >= 11 is 0. The van der Waals surface area contributed by atoms with E-state index in [1.165, 1.54) is 0 Å². The van der Waals surface area contributed by atoms with E-state index in [0.29, 0.717) is 11.5 Å². The summed E-state index contributed by atoms with van der Waals surface area (Å²) in [6, 6.07) is 13.2. The quantitative estimate of drug-likeness (QED) is 0.429. The number of para-hydroxylation sites is 1. The van der Waals surface area contributed by atoms with Gasteiger partial charge in [-0.05, 0) is 49.4 Å². The lowest BCUT2D eigenvalue weighted by Crippen LogP contribution is -2.19. The average Bonchev–Trinajstić information content (AvgIpc) is 2.74. The molecule has 1 aromatic carbocycles. The molecule has 0 fully saturated rings. The minimum Gasteiger partial charge on any atom is -0.267 e. The van der Waals surface area contributed by atoms with Crippen LogP contribution in [0.25, 0.3) is 22.2 Å². The van der Waals surface area contributed by atoms with Crippen LogP contribution in [0.4, 0.5) is 0 Å². The molecule has 0 saturated carbocycles. The number of nitrogens with zero attached hydrogens (tertiary/aromatic N) is 3. The Morgan fingerprint density at radius 1 is 1.15 bits per heavy atom. The maximum atomic E-state index is 12.8. The van der Waals surface area contributed by atoms with Gasteiger partial charge < -0.3 is 0 Å². The Balaban J connectivity index is 1.64. The molecule has 5 nitrogen and oxygen atoms in total. The summed E-state index contributed by atoms with van der Waals surface area (Å²) in [6.07, 6.45) is 12.7. The highest BCUT2D eigenvalue weighted by atomic mass is 16.2. The lowest BCUT2D eigenvalue weighted by molar-refractivity contribution is 0.0956. The lowest BCUT2D eigenvalue weighted by atomic mass is 9.96. The van der Waals surface area contributed by atoms with E-state index in [1.807, 2.05) is 48.7 Å². The van der Waals surface area contributed by atoms with E-state index in [1.54, 1.807) is 12.4 Å². The number of carbonyl (C=O) groups excluding carboxylic acids is 1. The smallest absolute Gasteiger partial charge is 0.267 e. The van der Waals surface area contributed by atoms with Crippen LogP contribution in [0.5, 0.6) is 0 Å². The topological polar surface area (TPSA) is 67.2 Å². The summed E-state index contributed by atoms with van der Waals surface area (Å²) in [4.78, 5) is 21.5. The predicted octanol–water partition coefficient (Wildman–Crippen LogP) is 4.37. The van der Waals surface area contributed by atoms with Crippen molar-refractivity contribution in [2.45, 2.75) is 19.3 Å². The highest BCUT2D eigenvalue weighted by Gasteiger charge is 2.14. The average molecular weight is 356 g/mol. The molecule has 4 rings (SSSR count). The third kappa shape index (κ3) is 3.92. The number of amides is 1. The molecule has 1 aliphatic carbocycles. The number of benzene rings is 1. The third-order valence-corrected chi connectivity index (χ3v) is 4.70. The molecule has 27 heavy (non-hydrogen) atoms. The van der Waals surface area contributed by atoms with Crippen molar-refractivity contribution >= 4 is 23.0 Å². The molecule has 0 spiro atoms. The molecular weight excluding hydrogens is 336 g/mol. The van der Waals surface area contributed by atoms with Crippen molar-refractivity contribution in [3.8, 4) is 11.3 Å². The van der Waals surface area contributed by atoms with Crippen LogP contribution in [0.3, 0.4) is 0 Å². The minimum absolute atomic E-state index is 0.230. The monoisotopic (exact) mass is 356 g/mol. The molecule has 1 N–H and O–H groups in total. The first kappa shape index (κ1) is 17.1. The van der Waals surface area contributed by atoms with Crippen LogP contribution in [0.2, 0.25) is 0 Å². The van der Waals surface area contributed by atoms with Crippen LogP contribution in [0, 0.1) is 5.92 Å². The number of hydrogen-bond acceptors (Lipinski definition) is 4. The van der Waals surface area contributed by atoms with Crippen molar-refractivity contribution < 1.29 is 4.79 Å². The molecule has 0 aliphatic heterocycles. The third-order valence-electron chi connectivity index (χ3n) is 4.70. The maximum absolute atomic E-state index is 12.8. The van der Waals surface area contributed by atoms with Crippen molar-refractivity contribution in [1.29, 1.82) is 0 Å². The predicted molar refractivity (Wildman–Crippen MR) is 107 cm³/mol. The summed E-state index contributed by atoms with van der Waals surface area (Å²) in [7, 11) is 0. The SMILES string of the molecule is O=C(N/N=C\[C@@H]1CC=CCC1)c1cc(-c2ccncc2)nc2ccccc12. The molecule has 1 aliphatic rings. The van der Waals surface area contributed by atoms with Gasteiger partial charge in [-0.1, -0.05) is 30.4 Å². The van der Waals surface area contributed by atoms with E-state index in [2.05, 4.69) is 32.6 Å². The first-order valence-corrected chi connectivity index (χ1v) is 9.10. The van der Waals surface area contributed by atoms with E-state index >= 15 is 0 Å². The maximum Gasteiger partial charge on any atom is 0.272 e. The second-order valence-corrected chi connectivity index (χ2v) is 6.57. The molecule has 0 saturated heterocycles. The summed E-state index contributed by atoms with van der Waals surface area (Å²) in [5.74, 6) is 0.156. The van der Waals surface area contributed by atoms with Crippen LogP contribution in [0.1, 0.15) is 29.6 Å². The second-order valence-electron chi connectivity index (χ2n) is 6.57. The summed E-state index contributed by atoms with van der Waals surface area (Å²) < 4.78 is 0. The molecule has 134 valence electrons. The molecule has 2 aromatic heterocycles. The van der Waals surface area contributed by atoms with Crippen LogP contribution in [-0.2, 0) is 0 Å². The normalized spacial score (nSPS) is 16.7. The number of carbonyl (C=O) groups is 1. The van der Waals surface area contributed by atoms with Crippen molar-refractivity contribution in [3.05, 3.63) is 72.6 Å². The van der Waals surface area contributed by atoms with Gasteiger partial charge in [0, 0.05) is 29.6 Å². The largest absolute Gasteiger partial charge is 0.272 e. The van der Waals surface area contributed by atoms with Crippen molar-refractivity contribution in [3.63, 3.8) is 0 Å². The number of pyridine rings is 2. The first-order chi connectivity index (χ1) is 13.3. The Bertz CT molecular complexity index is 1010. The fourth-order valence-corrected chi connectivity index (χ4v) is 3.25. The Hall–Kier alpha value is -3.34. The van der Waals surface area contributed by atoms with E-state index in [4.69, 9.17) is 0 Å². The summed E-state index contributed by atoms with van der Waals surface area (Å²) in [6.45, 7) is 0. The number of rotatable bonds is 4. The Kier molecular flexibility index (Phi) is 5.01. The van der Waals surface area contributed by atoms with E-state index in [9.17, 15) is 4.79 Å². The van der Waals surface area contributed by atoms with Gasteiger partial charge in [0.05, 0.1) is 16.8 Å². The first-order valence-electron chi connectivity index (χ1n) is 9.10. The molecule has 0 unspecified atom stereocenters. The Morgan fingerprint density at radius 3 is 2.81 bits per heavy atom. The van der Waals surface area contributed by atoms with Crippen molar-refractivity contribution in [2.75, 3.05) is 0 Å². The van der Waals surface area contributed by atoms with E-state index < -0.39 is 0 Å². The number of hydrazone groups is 1. The second kappa shape index (κ2) is 7.91. The van der Waals surface area contributed by atoms with Gasteiger partial charge in [-0.25, -0.2) is 10.4 Å².